The molecule has 0 radical (unpaired) electrons. The third kappa shape index (κ3) is 9.51. The Balaban J connectivity index is 1.87. The molecule has 1 unspecified atom stereocenters. The lowest BCUT2D eigenvalue weighted by molar-refractivity contribution is 0.0356. The summed E-state index contributed by atoms with van der Waals surface area (Å²) in [7, 11) is 0. The van der Waals surface area contributed by atoms with Crippen LogP contribution in [0.1, 0.15) is 64.7 Å². The Kier molecular flexibility index (Phi) is 10.9. The molecule has 3 heteroatoms. The molecule has 0 aliphatic heterocycles. The highest BCUT2D eigenvalue weighted by Crippen LogP contribution is 2.19. The number of rotatable bonds is 12. The zero-order valence-corrected chi connectivity index (χ0v) is 13.2. The third-order valence-corrected chi connectivity index (χ3v) is 3.84. The van der Waals surface area contributed by atoms with Crippen LogP contribution in [0.5, 0.6) is 0 Å². The fourth-order valence-corrected chi connectivity index (χ4v) is 2.56. The Morgan fingerprint density at radius 3 is 2.95 bits per heavy atom. The van der Waals surface area contributed by atoms with E-state index in [1.54, 1.807) is 5.57 Å². The molecule has 0 aromatic rings. The van der Waals surface area contributed by atoms with E-state index in [0.29, 0.717) is 13.2 Å². The van der Waals surface area contributed by atoms with Crippen molar-refractivity contribution in [2.24, 2.45) is 0 Å². The SMILES string of the molecule is CCCCCCOCC(O)CNCCC1=CCCCC1. The maximum absolute atomic E-state index is 9.79. The number of aliphatic hydroxyl groups is 1. The number of nitrogens with one attached hydrogen (secondary N) is 1. The summed E-state index contributed by atoms with van der Waals surface area (Å²) in [5.41, 5.74) is 1.59. The van der Waals surface area contributed by atoms with E-state index < -0.39 is 0 Å². The first-order valence-electron chi connectivity index (χ1n) is 8.47. The Hall–Kier alpha value is -0.380. The quantitative estimate of drug-likeness (QED) is 0.426. The van der Waals surface area contributed by atoms with Gasteiger partial charge in [-0.05, 0) is 45.1 Å². The summed E-state index contributed by atoms with van der Waals surface area (Å²) >= 11 is 0. The molecule has 1 aliphatic carbocycles. The van der Waals surface area contributed by atoms with Gasteiger partial charge in [0.25, 0.3) is 0 Å². The summed E-state index contributed by atoms with van der Waals surface area (Å²) in [4.78, 5) is 0. The number of hydrogen-bond donors (Lipinski definition) is 2. The molecule has 20 heavy (non-hydrogen) atoms. The molecule has 118 valence electrons. The molecule has 1 atom stereocenters. The van der Waals surface area contributed by atoms with Crippen molar-refractivity contribution in [3.05, 3.63) is 11.6 Å². The van der Waals surface area contributed by atoms with Crippen LogP contribution in [0.4, 0.5) is 0 Å². The van der Waals surface area contributed by atoms with Gasteiger partial charge in [-0.2, -0.15) is 0 Å². The number of ether oxygens (including phenoxy) is 1. The summed E-state index contributed by atoms with van der Waals surface area (Å²) in [6, 6.07) is 0. The van der Waals surface area contributed by atoms with Crippen molar-refractivity contribution in [3.8, 4) is 0 Å². The average Bonchev–Trinajstić information content (AvgIpc) is 2.48. The first kappa shape index (κ1) is 17.7. The summed E-state index contributed by atoms with van der Waals surface area (Å²) in [5.74, 6) is 0. The van der Waals surface area contributed by atoms with E-state index in [9.17, 15) is 5.11 Å². The van der Waals surface area contributed by atoms with E-state index in [0.717, 1.165) is 26.0 Å². The van der Waals surface area contributed by atoms with E-state index in [-0.39, 0.29) is 6.10 Å². The second kappa shape index (κ2) is 12.4. The Morgan fingerprint density at radius 1 is 1.30 bits per heavy atom. The van der Waals surface area contributed by atoms with Crippen LogP contribution in [0.25, 0.3) is 0 Å². The second-order valence-corrected chi connectivity index (χ2v) is 5.85. The lowest BCUT2D eigenvalue weighted by atomic mass is 9.97. The smallest absolute Gasteiger partial charge is 0.0897 e. The van der Waals surface area contributed by atoms with Gasteiger partial charge in [0.2, 0.25) is 0 Å². The zero-order chi connectivity index (χ0) is 14.5. The van der Waals surface area contributed by atoms with Gasteiger partial charge in [-0.25, -0.2) is 0 Å². The molecule has 0 aromatic carbocycles. The number of hydrogen-bond acceptors (Lipinski definition) is 3. The van der Waals surface area contributed by atoms with Gasteiger partial charge in [0.1, 0.15) is 0 Å². The molecule has 2 N–H and O–H groups in total. The molecule has 0 spiro atoms. The molecule has 0 saturated heterocycles. The molecule has 0 fully saturated rings. The fourth-order valence-electron chi connectivity index (χ4n) is 2.56. The standard InChI is InChI=1S/C17H33NO2/c1-2-3-4-8-13-20-15-17(19)14-18-12-11-16-9-6-5-7-10-16/h9,17-19H,2-8,10-15H2,1H3. The zero-order valence-electron chi connectivity index (χ0n) is 13.2. The van der Waals surface area contributed by atoms with E-state index >= 15 is 0 Å². The maximum Gasteiger partial charge on any atom is 0.0897 e. The van der Waals surface area contributed by atoms with Crippen LogP contribution in [-0.2, 0) is 4.74 Å². The van der Waals surface area contributed by atoms with Crippen LogP contribution in [0.15, 0.2) is 11.6 Å². The normalized spacial score (nSPS) is 17.0. The number of allylic oxidation sites excluding steroid dienone is 1. The molecule has 3 nitrogen and oxygen atoms in total. The summed E-state index contributed by atoms with van der Waals surface area (Å²) in [5, 5.41) is 13.1. The predicted molar refractivity (Wildman–Crippen MR) is 85.0 cm³/mol. The van der Waals surface area contributed by atoms with E-state index in [2.05, 4.69) is 18.3 Å². The molecule has 1 aliphatic rings. The molecule has 0 heterocycles. The highest BCUT2D eigenvalue weighted by Gasteiger charge is 2.05. The third-order valence-electron chi connectivity index (χ3n) is 3.84. The Bertz CT molecular complexity index is 253. The van der Waals surface area contributed by atoms with Gasteiger partial charge in [-0.3, -0.25) is 0 Å². The minimum atomic E-state index is -0.374. The minimum Gasteiger partial charge on any atom is -0.389 e. The molecule has 1 rings (SSSR count). The van der Waals surface area contributed by atoms with Crippen molar-refractivity contribution in [1.29, 1.82) is 0 Å². The first-order chi connectivity index (χ1) is 9.83. The average molecular weight is 283 g/mol. The molecule has 0 aromatic heterocycles. The molecular weight excluding hydrogens is 250 g/mol. The van der Waals surface area contributed by atoms with Gasteiger partial charge in [-0.1, -0.05) is 37.8 Å². The van der Waals surface area contributed by atoms with Crippen LogP contribution >= 0.6 is 0 Å². The monoisotopic (exact) mass is 283 g/mol. The van der Waals surface area contributed by atoms with Crippen molar-refractivity contribution < 1.29 is 9.84 Å². The van der Waals surface area contributed by atoms with E-state index in [1.165, 1.54) is 44.9 Å². The highest BCUT2D eigenvalue weighted by molar-refractivity contribution is 5.05. The summed E-state index contributed by atoms with van der Waals surface area (Å²) in [6.45, 7) is 5.06. The largest absolute Gasteiger partial charge is 0.389 e. The van der Waals surface area contributed by atoms with Crippen LogP contribution in [0, 0.1) is 0 Å². The molecule has 0 saturated carbocycles. The topological polar surface area (TPSA) is 41.5 Å². The molecule has 0 amide bonds. The fraction of sp³-hybridized carbons (Fsp3) is 0.882. The maximum atomic E-state index is 9.79. The van der Waals surface area contributed by atoms with Gasteiger partial charge in [0, 0.05) is 13.2 Å². The Morgan fingerprint density at radius 2 is 2.20 bits per heavy atom. The predicted octanol–water partition coefficient (Wildman–Crippen LogP) is 3.42. The van der Waals surface area contributed by atoms with Gasteiger partial charge in [0.05, 0.1) is 12.7 Å². The summed E-state index contributed by atoms with van der Waals surface area (Å²) < 4.78 is 5.49. The van der Waals surface area contributed by atoms with Crippen molar-refractivity contribution in [3.63, 3.8) is 0 Å². The second-order valence-electron chi connectivity index (χ2n) is 5.85. The van der Waals surface area contributed by atoms with Crippen molar-refractivity contribution >= 4 is 0 Å². The van der Waals surface area contributed by atoms with Gasteiger partial charge >= 0.3 is 0 Å². The number of unbranched alkanes of at least 4 members (excludes halogenated alkanes) is 3. The van der Waals surface area contributed by atoms with E-state index in [1.807, 2.05) is 0 Å². The lowest BCUT2D eigenvalue weighted by Gasteiger charge is -2.15. The van der Waals surface area contributed by atoms with Crippen molar-refractivity contribution in [2.45, 2.75) is 70.8 Å². The van der Waals surface area contributed by atoms with Crippen LogP contribution in [0.2, 0.25) is 0 Å². The first-order valence-corrected chi connectivity index (χ1v) is 8.47. The minimum absolute atomic E-state index is 0.374. The molecular formula is C17H33NO2. The van der Waals surface area contributed by atoms with Crippen LogP contribution in [0.3, 0.4) is 0 Å². The number of aliphatic hydroxyl groups excluding tert-OH is 1. The highest BCUT2D eigenvalue weighted by atomic mass is 16.5. The van der Waals surface area contributed by atoms with Crippen LogP contribution in [-0.4, -0.2) is 37.5 Å². The van der Waals surface area contributed by atoms with Gasteiger partial charge in [-0.15, -0.1) is 0 Å². The Labute approximate surface area is 124 Å². The van der Waals surface area contributed by atoms with Gasteiger partial charge < -0.3 is 15.2 Å². The van der Waals surface area contributed by atoms with Gasteiger partial charge in [0.15, 0.2) is 0 Å². The lowest BCUT2D eigenvalue weighted by Crippen LogP contribution is -2.31. The molecule has 0 bridgehead atoms. The van der Waals surface area contributed by atoms with E-state index in [4.69, 9.17) is 4.74 Å². The van der Waals surface area contributed by atoms with Crippen molar-refractivity contribution in [1.82, 2.24) is 5.32 Å². The van der Waals surface area contributed by atoms with Crippen molar-refractivity contribution in [2.75, 3.05) is 26.3 Å². The van der Waals surface area contributed by atoms with Crippen LogP contribution < -0.4 is 5.32 Å². The summed E-state index contributed by atoms with van der Waals surface area (Å²) in [6.07, 6.45) is 13.3.